The van der Waals surface area contributed by atoms with Crippen molar-refractivity contribution in [1.29, 1.82) is 0 Å². The molecule has 1 atom stereocenters. The molecule has 0 saturated carbocycles. The highest BCUT2D eigenvalue weighted by molar-refractivity contribution is 8.00. The van der Waals surface area contributed by atoms with Crippen molar-refractivity contribution in [3.63, 3.8) is 0 Å². The molecule has 1 aliphatic carbocycles. The molecule has 2 aliphatic rings. The lowest BCUT2D eigenvalue weighted by Crippen LogP contribution is -2.50. The average molecular weight is 492 g/mol. The number of nitrogens with two attached hydrogens (primary N) is 2. The van der Waals surface area contributed by atoms with E-state index in [1.807, 2.05) is 6.07 Å². The number of nitrogens with zero attached hydrogens (tertiary/aromatic N) is 5. The zero-order chi connectivity index (χ0) is 24.6. The summed E-state index contributed by atoms with van der Waals surface area (Å²) >= 11 is 1.39. The minimum atomic E-state index is -0.793. The number of hydrogen-bond acceptors (Lipinski definition) is 8. The van der Waals surface area contributed by atoms with Crippen LogP contribution < -0.4 is 11.6 Å². The van der Waals surface area contributed by atoms with Crippen LogP contribution in [0.4, 0.5) is 4.39 Å². The zero-order valence-electron chi connectivity index (χ0n) is 19.3. The summed E-state index contributed by atoms with van der Waals surface area (Å²) in [7, 11) is 1.71. The first-order valence-corrected chi connectivity index (χ1v) is 12.0. The van der Waals surface area contributed by atoms with E-state index >= 15 is 0 Å². The molecule has 8 nitrogen and oxygen atoms in total. The van der Waals surface area contributed by atoms with Gasteiger partial charge in [0, 0.05) is 32.5 Å². The Bertz CT molecular complexity index is 1300. The van der Waals surface area contributed by atoms with Gasteiger partial charge in [0.1, 0.15) is 11.5 Å². The maximum absolute atomic E-state index is 14.0. The number of rotatable bonds is 6. The number of carbonyl (C=O) groups is 1. The van der Waals surface area contributed by atoms with Crippen molar-refractivity contribution in [2.75, 3.05) is 20.1 Å². The van der Waals surface area contributed by atoms with E-state index in [1.165, 1.54) is 29.1 Å². The predicted octanol–water partition coefficient (Wildman–Crippen LogP) is 3.13. The van der Waals surface area contributed by atoms with Crippen molar-refractivity contribution in [2.45, 2.75) is 12.8 Å². The highest BCUT2D eigenvalue weighted by Crippen LogP contribution is 2.47. The van der Waals surface area contributed by atoms with E-state index in [-0.39, 0.29) is 11.6 Å². The lowest BCUT2D eigenvalue weighted by molar-refractivity contribution is 0.0776. The van der Waals surface area contributed by atoms with E-state index in [9.17, 15) is 9.18 Å². The van der Waals surface area contributed by atoms with Crippen LogP contribution in [0.3, 0.4) is 0 Å². The lowest BCUT2D eigenvalue weighted by Gasteiger charge is -2.44. The highest BCUT2D eigenvalue weighted by Gasteiger charge is 2.49. The summed E-state index contributed by atoms with van der Waals surface area (Å²) in [6, 6.07) is 11.6. The lowest BCUT2D eigenvalue weighted by atomic mass is 9.65. The number of Topliss-reactive ketones (excluding diaryl/α,β-unsaturated/α-hetero) is 1. The van der Waals surface area contributed by atoms with Crippen molar-refractivity contribution in [3.8, 4) is 5.69 Å². The predicted molar refractivity (Wildman–Crippen MR) is 134 cm³/mol. The Labute approximate surface area is 207 Å². The van der Waals surface area contributed by atoms with E-state index in [1.54, 1.807) is 54.6 Å². The molecule has 0 bridgehead atoms. The Kier molecular flexibility index (Phi) is 6.18. The fraction of sp³-hybridized carbons (Fsp3) is 0.240. The topological polar surface area (TPSA) is 106 Å². The van der Waals surface area contributed by atoms with Crippen LogP contribution in [-0.2, 0) is 6.42 Å². The zero-order valence-corrected chi connectivity index (χ0v) is 20.1. The van der Waals surface area contributed by atoms with Gasteiger partial charge in [-0.2, -0.15) is 5.10 Å². The molecule has 35 heavy (non-hydrogen) atoms. The number of piperidine rings is 1. The van der Waals surface area contributed by atoms with Gasteiger partial charge in [-0.3, -0.25) is 9.78 Å². The number of hydrogen-bond donors (Lipinski definition) is 2. The molecule has 0 radical (unpaired) electrons. The second-order valence-corrected chi connectivity index (χ2v) is 9.99. The molecule has 1 aliphatic heterocycles. The van der Waals surface area contributed by atoms with Gasteiger partial charge in [0.2, 0.25) is 0 Å². The first-order chi connectivity index (χ1) is 16.9. The summed E-state index contributed by atoms with van der Waals surface area (Å²) < 4.78 is 17.4. The largest absolute Gasteiger partial charge is 0.391 e. The second-order valence-electron chi connectivity index (χ2n) is 8.82. The van der Waals surface area contributed by atoms with Crippen LogP contribution in [0, 0.1) is 11.2 Å². The summed E-state index contributed by atoms with van der Waals surface area (Å²) in [5.74, 6) is 5.39. The Hall–Kier alpha value is -3.47. The van der Waals surface area contributed by atoms with Gasteiger partial charge in [-0.05, 0) is 72.8 Å². The molecule has 0 amide bonds. The van der Waals surface area contributed by atoms with Crippen LogP contribution in [0.5, 0.6) is 0 Å². The van der Waals surface area contributed by atoms with Gasteiger partial charge in [-0.15, -0.1) is 0 Å². The third-order valence-corrected chi connectivity index (χ3v) is 7.24. The van der Waals surface area contributed by atoms with Gasteiger partial charge >= 0.3 is 0 Å². The summed E-state index contributed by atoms with van der Waals surface area (Å²) in [5.41, 5.74) is 9.49. The molecule has 4 N–H and O–H groups in total. The molecule has 3 heterocycles. The van der Waals surface area contributed by atoms with Gasteiger partial charge in [0.15, 0.2) is 5.78 Å². The summed E-state index contributed by atoms with van der Waals surface area (Å²) in [6.45, 7) is 1.19. The van der Waals surface area contributed by atoms with Gasteiger partial charge in [-0.1, -0.05) is 11.6 Å². The van der Waals surface area contributed by atoms with Crippen molar-refractivity contribution < 1.29 is 9.18 Å². The first kappa shape index (κ1) is 23.3. The molecular formula is C25H26FN7OS. The molecule has 180 valence electrons. The van der Waals surface area contributed by atoms with Gasteiger partial charge < -0.3 is 10.7 Å². The summed E-state index contributed by atoms with van der Waals surface area (Å²) in [4.78, 5) is 18.4. The quantitative estimate of drug-likeness (QED) is 0.234. The van der Waals surface area contributed by atoms with Crippen LogP contribution in [0.1, 0.15) is 28.2 Å². The Balaban J connectivity index is 1.55. The monoisotopic (exact) mass is 491 g/mol. The molecule has 2 aromatic heterocycles. The Morgan fingerprint density at radius 1 is 1.26 bits per heavy atom. The number of carbonyl (C=O) groups excluding carboxylic acids is 1. The molecular weight excluding hydrogens is 465 g/mol. The van der Waals surface area contributed by atoms with E-state index in [2.05, 4.69) is 20.5 Å². The maximum atomic E-state index is 14.0. The minimum Gasteiger partial charge on any atom is -0.391 e. The van der Waals surface area contributed by atoms with Crippen LogP contribution >= 0.6 is 11.9 Å². The normalized spacial score (nSPS) is 20.1. The maximum Gasteiger partial charge on any atom is 0.192 e. The molecule has 1 aromatic carbocycles. The van der Waals surface area contributed by atoms with Crippen molar-refractivity contribution in [2.24, 2.45) is 17.0 Å². The van der Waals surface area contributed by atoms with Crippen LogP contribution in [0.2, 0.25) is 0 Å². The number of pyridine rings is 1. The van der Waals surface area contributed by atoms with E-state index in [0.29, 0.717) is 30.1 Å². The SMILES string of the molecule is CN(N)/C=C(\N)SN1CCC2=Cc3c(cnn3-c3ccc(F)cc3)CC2(C(=O)c2ccccn2)C1. The number of hydrazine groups is 1. The smallest absolute Gasteiger partial charge is 0.192 e. The number of aromatic nitrogens is 3. The van der Waals surface area contributed by atoms with Gasteiger partial charge in [0.25, 0.3) is 0 Å². The summed E-state index contributed by atoms with van der Waals surface area (Å²) in [6.07, 6.45) is 8.33. The third kappa shape index (κ3) is 4.47. The average Bonchev–Trinajstić information content (AvgIpc) is 3.24. The van der Waals surface area contributed by atoms with Gasteiger partial charge in [-0.25, -0.2) is 19.2 Å². The molecule has 5 rings (SSSR count). The minimum absolute atomic E-state index is 0.0201. The number of ketones is 1. The molecule has 0 spiro atoms. The Morgan fingerprint density at radius 2 is 2.06 bits per heavy atom. The number of halogens is 1. The standard InChI is InChI=1S/C25H26FN7OS/c1-31(28)15-23(27)35-32-11-9-18-12-22-17(14-30-33(22)20-7-5-19(26)6-8-20)13-25(18,16-32)24(34)21-4-2-3-10-29-21/h2-8,10,12,14-15H,9,11,13,16,27-28H2,1H3/b23-15+. The van der Waals surface area contributed by atoms with E-state index < -0.39 is 5.41 Å². The van der Waals surface area contributed by atoms with Gasteiger partial charge in [0.05, 0.1) is 28.0 Å². The van der Waals surface area contributed by atoms with E-state index in [0.717, 1.165) is 29.1 Å². The molecule has 10 heteroatoms. The molecule has 3 aromatic rings. The highest BCUT2D eigenvalue weighted by atomic mass is 32.2. The Morgan fingerprint density at radius 3 is 2.77 bits per heavy atom. The van der Waals surface area contributed by atoms with Crippen LogP contribution in [0.25, 0.3) is 11.8 Å². The number of benzene rings is 1. The van der Waals surface area contributed by atoms with Crippen molar-refractivity contribution in [1.82, 2.24) is 24.1 Å². The fourth-order valence-corrected chi connectivity index (χ4v) is 5.78. The first-order valence-electron chi connectivity index (χ1n) is 11.2. The van der Waals surface area contributed by atoms with E-state index in [4.69, 9.17) is 11.6 Å². The molecule has 1 fully saturated rings. The third-order valence-electron chi connectivity index (χ3n) is 6.35. The van der Waals surface area contributed by atoms with Crippen molar-refractivity contribution >= 4 is 23.8 Å². The van der Waals surface area contributed by atoms with Crippen LogP contribution in [0.15, 0.2) is 71.7 Å². The number of fused-ring (bicyclic) bond motifs is 2. The second kappa shape index (κ2) is 9.29. The van der Waals surface area contributed by atoms with Crippen molar-refractivity contribution in [3.05, 3.63) is 94.4 Å². The molecule has 1 unspecified atom stereocenters. The molecule has 1 saturated heterocycles. The van der Waals surface area contributed by atoms with Crippen LogP contribution in [-0.4, -0.2) is 50.0 Å². The fourth-order valence-electron chi connectivity index (χ4n) is 4.80. The summed E-state index contributed by atoms with van der Waals surface area (Å²) in [5, 5.41) is 6.53.